The van der Waals surface area contributed by atoms with Crippen LogP contribution in [-0.4, -0.2) is 38.8 Å². The number of amides is 4. The Balaban J connectivity index is 1.30. The first-order chi connectivity index (χ1) is 15.0. The predicted molar refractivity (Wildman–Crippen MR) is 114 cm³/mol. The molecule has 4 rings (SSSR count). The van der Waals surface area contributed by atoms with Crippen molar-refractivity contribution in [2.45, 2.75) is 23.3 Å². The van der Waals surface area contributed by atoms with Crippen LogP contribution in [0.25, 0.3) is 0 Å². The second-order valence-electron chi connectivity index (χ2n) is 6.69. The number of imide groups is 1. The number of carbonyl (C=O) groups is 3. The fourth-order valence-electron chi connectivity index (χ4n) is 2.91. The third kappa shape index (κ3) is 4.54. The highest BCUT2D eigenvalue weighted by Gasteiger charge is 2.49. The number of nitrogens with zero attached hydrogens (tertiary/aromatic N) is 3. The van der Waals surface area contributed by atoms with Crippen molar-refractivity contribution in [3.05, 3.63) is 60.1 Å². The number of aromatic nitrogens is 2. The molecule has 0 saturated carbocycles. The van der Waals surface area contributed by atoms with Crippen molar-refractivity contribution in [1.82, 2.24) is 25.9 Å². The van der Waals surface area contributed by atoms with Crippen molar-refractivity contribution in [1.29, 1.82) is 0 Å². The molecule has 160 valence electrons. The van der Waals surface area contributed by atoms with E-state index in [4.69, 9.17) is 4.42 Å². The smallest absolute Gasteiger partial charge is 0.344 e. The highest BCUT2D eigenvalue weighted by molar-refractivity contribution is 8.01. The Morgan fingerprint density at radius 2 is 2.03 bits per heavy atom. The van der Waals surface area contributed by atoms with Crippen molar-refractivity contribution >= 4 is 46.1 Å². The van der Waals surface area contributed by atoms with Gasteiger partial charge in [0.15, 0.2) is 4.34 Å². The second-order valence-corrected chi connectivity index (χ2v) is 8.89. The minimum Gasteiger partial charge on any atom is -0.467 e. The van der Waals surface area contributed by atoms with Gasteiger partial charge in [-0.3, -0.25) is 15.0 Å². The van der Waals surface area contributed by atoms with Gasteiger partial charge >= 0.3 is 6.03 Å². The van der Waals surface area contributed by atoms with Crippen LogP contribution in [0.2, 0.25) is 0 Å². The molecule has 1 saturated heterocycles. The standard InChI is InChI=1S/C19H18N6O4S2/c1-19(12-6-3-2-4-7-12)15(27)25(17(28)21-19)24-14(26)11-30-18-23-22-16(31-18)20-10-13-8-5-9-29-13/h2-9H,10-11H2,1H3,(H,20,22)(H,21,28)(H,24,26)/t19-/m1/s1. The summed E-state index contributed by atoms with van der Waals surface area (Å²) in [4.78, 5) is 37.4. The van der Waals surface area contributed by atoms with Crippen LogP contribution in [0.4, 0.5) is 9.93 Å². The number of carbonyl (C=O) groups excluding carboxylic acids is 3. The maximum Gasteiger partial charge on any atom is 0.344 e. The molecule has 31 heavy (non-hydrogen) atoms. The number of hydrogen-bond acceptors (Lipinski definition) is 9. The molecule has 4 amide bonds. The Labute approximate surface area is 185 Å². The Kier molecular flexibility index (Phi) is 5.91. The molecule has 12 heteroatoms. The fourth-order valence-corrected chi connectivity index (χ4v) is 4.45. The SMILES string of the molecule is C[C@]1(c2ccccc2)NC(=O)N(NC(=O)CSc2nnc(NCc3ccco3)s2)C1=O. The third-order valence-electron chi connectivity index (χ3n) is 4.51. The van der Waals surface area contributed by atoms with Gasteiger partial charge < -0.3 is 15.1 Å². The molecular formula is C19H18N6O4S2. The zero-order valence-electron chi connectivity index (χ0n) is 16.3. The summed E-state index contributed by atoms with van der Waals surface area (Å²) in [5.41, 5.74) is 1.75. The molecule has 1 aliphatic rings. The topological polar surface area (TPSA) is 129 Å². The number of hydrazine groups is 1. The van der Waals surface area contributed by atoms with Crippen LogP contribution in [0.1, 0.15) is 18.2 Å². The van der Waals surface area contributed by atoms with Gasteiger partial charge in [0.1, 0.15) is 11.3 Å². The Morgan fingerprint density at radius 1 is 1.23 bits per heavy atom. The number of benzene rings is 1. The molecule has 0 unspecified atom stereocenters. The van der Waals surface area contributed by atoms with Gasteiger partial charge in [-0.1, -0.05) is 53.4 Å². The highest BCUT2D eigenvalue weighted by atomic mass is 32.2. The van der Waals surface area contributed by atoms with E-state index in [0.717, 1.165) is 17.5 Å². The lowest BCUT2D eigenvalue weighted by Gasteiger charge is -2.22. The van der Waals surface area contributed by atoms with Crippen molar-refractivity contribution in [3.8, 4) is 0 Å². The Bertz CT molecular complexity index is 1090. The lowest BCUT2D eigenvalue weighted by Crippen LogP contribution is -2.48. The van der Waals surface area contributed by atoms with Gasteiger partial charge in [0.25, 0.3) is 5.91 Å². The number of furan rings is 1. The van der Waals surface area contributed by atoms with Crippen LogP contribution in [0.3, 0.4) is 0 Å². The van der Waals surface area contributed by atoms with Crippen LogP contribution >= 0.6 is 23.1 Å². The van der Waals surface area contributed by atoms with E-state index in [2.05, 4.69) is 26.3 Å². The van der Waals surface area contributed by atoms with Crippen LogP contribution in [0.15, 0.2) is 57.5 Å². The molecule has 1 atom stereocenters. The molecule has 0 radical (unpaired) electrons. The summed E-state index contributed by atoms with van der Waals surface area (Å²) in [6.07, 6.45) is 1.59. The van der Waals surface area contributed by atoms with Gasteiger partial charge in [0.05, 0.1) is 18.6 Å². The summed E-state index contributed by atoms with van der Waals surface area (Å²) in [5, 5.41) is 15.0. The van der Waals surface area contributed by atoms with E-state index in [1.54, 1.807) is 43.5 Å². The molecule has 1 aromatic carbocycles. The number of thioether (sulfide) groups is 1. The van der Waals surface area contributed by atoms with E-state index in [1.165, 1.54) is 11.3 Å². The van der Waals surface area contributed by atoms with Crippen LogP contribution in [0.5, 0.6) is 0 Å². The maximum atomic E-state index is 12.8. The molecule has 3 N–H and O–H groups in total. The summed E-state index contributed by atoms with van der Waals surface area (Å²) in [6.45, 7) is 2.07. The fraction of sp³-hybridized carbons (Fsp3) is 0.211. The zero-order chi connectivity index (χ0) is 21.8. The monoisotopic (exact) mass is 458 g/mol. The molecule has 2 aromatic heterocycles. The molecule has 0 spiro atoms. The van der Waals surface area contributed by atoms with Crippen molar-refractivity contribution in [2.24, 2.45) is 0 Å². The third-order valence-corrected chi connectivity index (χ3v) is 6.52. The van der Waals surface area contributed by atoms with E-state index >= 15 is 0 Å². The maximum absolute atomic E-state index is 12.8. The zero-order valence-corrected chi connectivity index (χ0v) is 18.0. The molecule has 3 aromatic rings. The van der Waals surface area contributed by atoms with Gasteiger partial charge in [0.2, 0.25) is 11.0 Å². The van der Waals surface area contributed by atoms with Crippen LogP contribution in [0, 0.1) is 0 Å². The molecule has 0 aliphatic carbocycles. The summed E-state index contributed by atoms with van der Waals surface area (Å²) in [5.74, 6) is -0.334. The minimum atomic E-state index is -1.24. The molecule has 3 heterocycles. The highest BCUT2D eigenvalue weighted by Crippen LogP contribution is 2.28. The predicted octanol–water partition coefficient (Wildman–Crippen LogP) is 2.33. The minimum absolute atomic E-state index is 0.0358. The second kappa shape index (κ2) is 8.78. The quantitative estimate of drug-likeness (QED) is 0.346. The summed E-state index contributed by atoms with van der Waals surface area (Å²) < 4.78 is 5.81. The Morgan fingerprint density at radius 3 is 2.77 bits per heavy atom. The number of anilines is 1. The van der Waals surface area contributed by atoms with Crippen molar-refractivity contribution in [2.75, 3.05) is 11.1 Å². The molecule has 0 bridgehead atoms. The van der Waals surface area contributed by atoms with Gasteiger partial charge in [0, 0.05) is 0 Å². The van der Waals surface area contributed by atoms with E-state index in [9.17, 15) is 14.4 Å². The normalized spacial score (nSPS) is 18.2. The lowest BCUT2D eigenvalue weighted by atomic mass is 9.92. The average Bonchev–Trinajstić information content (AvgIpc) is 3.50. The lowest BCUT2D eigenvalue weighted by molar-refractivity contribution is -0.138. The first-order valence-electron chi connectivity index (χ1n) is 9.20. The summed E-state index contributed by atoms with van der Waals surface area (Å²) in [6, 6.07) is 11.8. The number of urea groups is 1. The van der Waals surface area contributed by atoms with Crippen molar-refractivity contribution in [3.63, 3.8) is 0 Å². The largest absolute Gasteiger partial charge is 0.467 e. The molecular weight excluding hydrogens is 440 g/mol. The first kappa shape index (κ1) is 20.9. The molecule has 1 aliphatic heterocycles. The van der Waals surface area contributed by atoms with E-state index < -0.39 is 23.4 Å². The van der Waals surface area contributed by atoms with Crippen LogP contribution < -0.4 is 16.1 Å². The van der Waals surface area contributed by atoms with Gasteiger partial charge in [-0.2, -0.15) is 5.01 Å². The van der Waals surface area contributed by atoms with Gasteiger partial charge in [-0.25, -0.2) is 4.79 Å². The Hall–Kier alpha value is -3.38. The summed E-state index contributed by atoms with van der Waals surface area (Å²) >= 11 is 2.44. The van der Waals surface area contributed by atoms with Gasteiger partial charge in [-0.05, 0) is 24.6 Å². The number of hydrogen-bond donors (Lipinski definition) is 3. The van der Waals surface area contributed by atoms with E-state index in [0.29, 0.717) is 26.6 Å². The number of rotatable bonds is 8. The number of nitrogens with one attached hydrogen (secondary N) is 3. The van der Waals surface area contributed by atoms with Gasteiger partial charge in [-0.15, -0.1) is 10.2 Å². The molecule has 10 nitrogen and oxygen atoms in total. The van der Waals surface area contributed by atoms with E-state index in [1.807, 2.05) is 12.1 Å². The summed E-state index contributed by atoms with van der Waals surface area (Å²) in [7, 11) is 0. The van der Waals surface area contributed by atoms with E-state index in [-0.39, 0.29) is 5.75 Å². The average molecular weight is 459 g/mol. The first-order valence-corrected chi connectivity index (χ1v) is 11.0. The van der Waals surface area contributed by atoms with Crippen molar-refractivity contribution < 1.29 is 18.8 Å². The molecule has 1 fully saturated rings. The van der Waals surface area contributed by atoms with Crippen LogP contribution in [-0.2, 0) is 21.7 Å².